The van der Waals surface area contributed by atoms with Gasteiger partial charge in [0.05, 0.1) is 6.61 Å². The Morgan fingerprint density at radius 3 is 2.26 bits per heavy atom. The van der Waals surface area contributed by atoms with E-state index >= 15 is 0 Å². The first-order chi connectivity index (χ1) is 10.7. The molecule has 0 aliphatic rings. The van der Waals surface area contributed by atoms with Gasteiger partial charge in [0, 0.05) is 25.3 Å². The number of hydrogen-bond acceptors (Lipinski definition) is 6. The number of hydrogen-bond donors (Lipinski definition) is 0. The molecule has 0 aromatic rings. The Morgan fingerprint density at radius 1 is 1.13 bits per heavy atom. The van der Waals surface area contributed by atoms with E-state index in [1.54, 1.807) is 13.6 Å². The maximum Gasteiger partial charge on any atom is 0.369 e. The summed E-state index contributed by atoms with van der Waals surface area (Å²) in [6.07, 6.45) is 2.28. The molecule has 0 saturated heterocycles. The molecular formula is C16H28O6P+. The zero-order valence-corrected chi connectivity index (χ0v) is 15.4. The molecule has 0 spiro atoms. The fourth-order valence-corrected chi connectivity index (χ4v) is 2.28. The third-order valence-corrected chi connectivity index (χ3v) is 5.22. The van der Waals surface area contributed by atoms with E-state index in [4.69, 9.17) is 14.2 Å². The van der Waals surface area contributed by atoms with Crippen molar-refractivity contribution in [3.8, 4) is 0 Å². The SMILES string of the molecule is C=C(C)C(=O)OCCOC(=O)CCCCOC(C)(CC)[P+](C)=O. The van der Waals surface area contributed by atoms with E-state index in [1.165, 1.54) is 0 Å². The molecule has 0 aromatic carbocycles. The van der Waals surface area contributed by atoms with Crippen LogP contribution in [0, 0.1) is 0 Å². The van der Waals surface area contributed by atoms with Crippen LogP contribution in [0.15, 0.2) is 12.2 Å². The van der Waals surface area contributed by atoms with Crippen LogP contribution < -0.4 is 0 Å². The number of rotatable bonds is 12. The largest absolute Gasteiger partial charge is 0.462 e. The van der Waals surface area contributed by atoms with Crippen LogP contribution in [0.4, 0.5) is 0 Å². The maximum absolute atomic E-state index is 11.6. The van der Waals surface area contributed by atoms with Crippen LogP contribution in [0.3, 0.4) is 0 Å². The summed E-state index contributed by atoms with van der Waals surface area (Å²) < 4.78 is 27.0. The summed E-state index contributed by atoms with van der Waals surface area (Å²) >= 11 is 0. The van der Waals surface area contributed by atoms with Gasteiger partial charge in [0.15, 0.2) is 0 Å². The molecule has 0 aliphatic heterocycles. The first-order valence-corrected chi connectivity index (χ1v) is 9.46. The first kappa shape index (κ1) is 21.7. The number of unbranched alkanes of at least 4 members (excludes halogenated alkanes) is 1. The van der Waals surface area contributed by atoms with Gasteiger partial charge in [0.2, 0.25) is 0 Å². The van der Waals surface area contributed by atoms with Crippen LogP contribution in [-0.4, -0.2) is 43.8 Å². The Morgan fingerprint density at radius 2 is 1.74 bits per heavy atom. The Kier molecular flexibility index (Phi) is 10.7. The second kappa shape index (κ2) is 11.3. The summed E-state index contributed by atoms with van der Waals surface area (Å²) in [5.41, 5.74) is 0.309. The van der Waals surface area contributed by atoms with Crippen molar-refractivity contribution in [2.24, 2.45) is 0 Å². The molecule has 23 heavy (non-hydrogen) atoms. The van der Waals surface area contributed by atoms with Crippen LogP contribution in [0.1, 0.15) is 46.5 Å². The third kappa shape index (κ3) is 9.47. The topological polar surface area (TPSA) is 78.9 Å². The molecule has 0 radical (unpaired) electrons. The van der Waals surface area contributed by atoms with Gasteiger partial charge >= 0.3 is 19.7 Å². The van der Waals surface area contributed by atoms with Crippen LogP contribution in [0.5, 0.6) is 0 Å². The molecule has 6 nitrogen and oxygen atoms in total. The summed E-state index contributed by atoms with van der Waals surface area (Å²) in [4.78, 5) is 22.6. The summed E-state index contributed by atoms with van der Waals surface area (Å²) in [5, 5.41) is -0.594. The van der Waals surface area contributed by atoms with Crippen LogP contribution >= 0.6 is 7.80 Å². The molecule has 0 saturated carbocycles. The zero-order valence-electron chi connectivity index (χ0n) is 14.6. The molecule has 0 rings (SSSR count). The highest BCUT2D eigenvalue weighted by Gasteiger charge is 2.39. The molecule has 0 amide bonds. The molecule has 0 N–H and O–H groups in total. The van der Waals surface area contributed by atoms with Crippen molar-refractivity contribution in [1.82, 2.24) is 0 Å². The quantitative estimate of drug-likeness (QED) is 0.233. The molecule has 0 aliphatic carbocycles. The van der Waals surface area contributed by atoms with Crippen LogP contribution in [0.25, 0.3) is 0 Å². The average Bonchev–Trinajstić information content (AvgIpc) is 2.50. The Hall–Kier alpha value is -1.26. The van der Waals surface area contributed by atoms with E-state index in [-0.39, 0.29) is 25.6 Å². The maximum atomic E-state index is 11.6. The Bertz CT molecular complexity index is 434. The van der Waals surface area contributed by atoms with Gasteiger partial charge in [-0.05, 0) is 19.8 Å². The molecule has 2 atom stereocenters. The van der Waals surface area contributed by atoms with E-state index < -0.39 is 19.1 Å². The van der Waals surface area contributed by atoms with Crippen molar-refractivity contribution in [3.05, 3.63) is 12.2 Å². The van der Waals surface area contributed by atoms with Crippen molar-refractivity contribution in [2.75, 3.05) is 26.5 Å². The van der Waals surface area contributed by atoms with Gasteiger partial charge in [0.25, 0.3) is 5.34 Å². The van der Waals surface area contributed by atoms with E-state index in [0.717, 1.165) is 0 Å². The van der Waals surface area contributed by atoms with Gasteiger partial charge in [-0.15, -0.1) is 0 Å². The molecule has 2 unspecified atom stereocenters. The molecule has 0 heterocycles. The van der Waals surface area contributed by atoms with Crippen LogP contribution in [0.2, 0.25) is 0 Å². The van der Waals surface area contributed by atoms with Crippen molar-refractivity contribution in [1.29, 1.82) is 0 Å². The summed E-state index contributed by atoms with van der Waals surface area (Å²) in [5.74, 6) is -0.831. The highest BCUT2D eigenvalue weighted by atomic mass is 31.1. The normalized spacial score (nSPS) is 13.8. The monoisotopic (exact) mass is 347 g/mol. The lowest BCUT2D eigenvalue weighted by Crippen LogP contribution is -2.23. The number of carbonyl (C=O) groups is 2. The lowest BCUT2D eigenvalue weighted by atomic mass is 10.2. The molecule has 0 aromatic heterocycles. The summed E-state index contributed by atoms with van der Waals surface area (Å²) in [7, 11) is -1.41. The Balaban J connectivity index is 3.70. The number of ether oxygens (including phenoxy) is 3. The van der Waals surface area contributed by atoms with Crippen molar-refractivity contribution in [2.45, 2.75) is 51.8 Å². The van der Waals surface area contributed by atoms with E-state index in [2.05, 4.69) is 6.58 Å². The predicted octanol–water partition coefficient (Wildman–Crippen LogP) is 3.42. The smallest absolute Gasteiger partial charge is 0.369 e. The number of carbonyl (C=O) groups excluding carboxylic acids is 2. The second-order valence-electron chi connectivity index (χ2n) is 5.47. The van der Waals surface area contributed by atoms with Crippen LogP contribution in [-0.2, 0) is 28.4 Å². The van der Waals surface area contributed by atoms with Gasteiger partial charge in [-0.1, -0.05) is 18.1 Å². The Labute approximate surface area is 139 Å². The van der Waals surface area contributed by atoms with Crippen molar-refractivity contribution >= 4 is 19.7 Å². The fraction of sp³-hybridized carbons (Fsp3) is 0.750. The number of esters is 2. The molecule has 7 heteroatoms. The molecule has 0 bridgehead atoms. The zero-order chi connectivity index (χ0) is 17.9. The molecule has 132 valence electrons. The minimum absolute atomic E-state index is 0.0267. The van der Waals surface area contributed by atoms with Crippen molar-refractivity contribution < 1.29 is 28.4 Å². The fourth-order valence-electron chi connectivity index (χ4n) is 1.56. The molecule has 0 fully saturated rings. The highest BCUT2D eigenvalue weighted by Crippen LogP contribution is 2.39. The van der Waals surface area contributed by atoms with E-state index in [1.807, 2.05) is 13.8 Å². The minimum Gasteiger partial charge on any atom is -0.462 e. The van der Waals surface area contributed by atoms with Gasteiger partial charge < -0.3 is 14.2 Å². The van der Waals surface area contributed by atoms with Crippen molar-refractivity contribution in [3.63, 3.8) is 0 Å². The summed E-state index contributed by atoms with van der Waals surface area (Å²) in [6.45, 7) is 11.0. The highest BCUT2D eigenvalue weighted by molar-refractivity contribution is 7.45. The average molecular weight is 347 g/mol. The first-order valence-electron chi connectivity index (χ1n) is 7.76. The lowest BCUT2D eigenvalue weighted by Gasteiger charge is -2.17. The van der Waals surface area contributed by atoms with E-state index in [0.29, 0.717) is 31.4 Å². The van der Waals surface area contributed by atoms with Gasteiger partial charge in [-0.2, -0.15) is 0 Å². The van der Waals surface area contributed by atoms with Gasteiger partial charge in [-0.3, -0.25) is 4.79 Å². The molecular weight excluding hydrogens is 319 g/mol. The second-order valence-corrected chi connectivity index (χ2v) is 7.41. The summed E-state index contributed by atoms with van der Waals surface area (Å²) in [6, 6.07) is 0. The minimum atomic E-state index is -1.41. The standard InChI is InChI=1S/C16H28O6P/c1-6-16(4,23(5)19)22-10-8-7-9-14(17)20-11-12-21-15(18)13(2)3/h2,6-12H2,1,3-5H3/q+1. The third-order valence-electron chi connectivity index (χ3n) is 3.44. The van der Waals surface area contributed by atoms with E-state index in [9.17, 15) is 14.2 Å². The lowest BCUT2D eigenvalue weighted by molar-refractivity contribution is -0.150. The van der Waals surface area contributed by atoms with Gasteiger partial charge in [-0.25, -0.2) is 4.79 Å². The van der Waals surface area contributed by atoms with Gasteiger partial charge in [0.1, 0.15) is 19.9 Å². The predicted molar refractivity (Wildman–Crippen MR) is 88.8 cm³/mol.